The minimum Gasteiger partial charge on any atom is -0.348 e. The number of fused-ring (bicyclic) bond motifs is 1. The van der Waals surface area contributed by atoms with Crippen LogP contribution >= 0.6 is 0 Å². The molecule has 4 heteroatoms. The van der Waals surface area contributed by atoms with Crippen molar-refractivity contribution in [2.75, 3.05) is 11.9 Å². The maximum atomic E-state index is 13.1. The third-order valence-corrected chi connectivity index (χ3v) is 5.04. The largest absolute Gasteiger partial charge is 0.348 e. The summed E-state index contributed by atoms with van der Waals surface area (Å²) in [6.07, 6.45) is 2.09. The molecule has 0 saturated heterocycles. The molecule has 0 spiro atoms. The highest BCUT2D eigenvalue weighted by molar-refractivity contribution is 5.90. The predicted octanol–water partition coefficient (Wildman–Crippen LogP) is 4.74. The van der Waals surface area contributed by atoms with Crippen molar-refractivity contribution in [2.24, 2.45) is 0 Å². The number of nitrogens with zero attached hydrogens (tertiary/aromatic N) is 2. The van der Waals surface area contributed by atoms with Crippen molar-refractivity contribution in [1.29, 1.82) is 0 Å². The minimum absolute atomic E-state index is 0.0572. The number of amides is 2. The highest BCUT2D eigenvalue weighted by Crippen LogP contribution is 2.33. The van der Waals surface area contributed by atoms with Crippen molar-refractivity contribution in [3.05, 3.63) is 89.2 Å². The highest BCUT2D eigenvalue weighted by Gasteiger charge is 2.32. The summed E-state index contributed by atoms with van der Waals surface area (Å²) in [5.74, 6) is 0. The molecule has 1 atom stereocenters. The molecule has 0 aliphatic carbocycles. The number of nitrogens with one attached hydrogen (secondary N) is 1. The van der Waals surface area contributed by atoms with Crippen LogP contribution in [0.2, 0.25) is 0 Å². The molecule has 0 saturated carbocycles. The first-order valence-corrected chi connectivity index (χ1v) is 8.98. The van der Waals surface area contributed by atoms with Crippen LogP contribution in [0.5, 0.6) is 0 Å². The number of rotatable bonds is 2. The fourth-order valence-corrected chi connectivity index (χ4v) is 3.69. The lowest BCUT2D eigenvalue weighted by atomic mass is 9.98. The van der Waals surface area contributed by atoms with Gasteiger partial charge in [-0.1, -0.05) is 48.0 Å². The summed E-state index contributed by atoms with van der Waals surface area (Å²) in [6.45, 7) is 5.59. The Bertz CT molecular complexity index is 944. The summed E-state index contributed by atoms with van der Waals surface area (Å²) >= 11 is 0. The van der Waals surface area contributed by atoms with E-state index in [0.717, 1.165) is 29.1 Å². The lowest BCUT2D eigenvalue weighted by Crippen LogP contribution is -2.44. The normalized spacial score (nSPS) is 16.2. The summed E-state index contributed by atoms with van der Waals surface area (Å²) in [5, 5.41) is 3.10. The summed E-state index contributed by atoms with van der Waals surface area (Å²) in [5.41, 5.74) is 5.42. The van der Waals surface area contributed by atoms with Crippen molar-refractivity contribution in [3.8, 4) is 0 Å². The number of urea groups is 1. The summed E-state index contributed by atoms with van der Waals surface area (Å²) in [7, 11) is 0. The lowest BCUT2D eigenvalue weighted by molar-refractivity contribution is 0.182. The number of anilines is 1. The molecular weight excluding hydrogens is 322 g/mol. The zero-order valence-electron chi connectivity index (χ0n) is 15.1. The van der Waals surface area contributed by atoms with Crippen LogP contribution in [0, 0.1) is 13.8 Å². The number of aryl methyl sites for hydroxylation is 2. The van der Waals surface area contributed by atoms with Crippen molar-refractivity contribution in [1.82, 2.24) is 9.47 Å². The van der Waals surface area contributed by atoms with E-state index in [4.69, 9.17) is 0 Å². The lowest BCUT2D eigenvalue weighted by Gasteiger charge is -2.37. The Morgan fingerprint density at radius 2 is 1.85 bits per heavy atom. The first-order valence-electron chi connectivity index (χ1n) is 8.98. The molecular formula is C22H23N3O. The molecule has 132 valence electrons. The molecule has 0 bridgehead atoms. The van der Waals surface area contributed by atoms with Gasteiger partial charge in [-0.25, -0.2) is 4.79 Å². The Kier molecular flexibility index (Phi) is 4.25. The van der Waals surface area contributed by atoms with Gasteiger partial charge >= 0.3 is 6.03 Å². The molecule has 0 fully saturated rings. The second kappa shape index (κ2) is 6.71. The van der Waals surface area contributed by atoms with Crippen LogP contribution in [0.4, 0.5) is 10.5 Å². The standard InChI is InChI=1S/C22H23N3O/c1-16-7-5-9-18(15-16)21-20-11-6-12-24(20)13-14-25(21)22(26)23-19-10-4-3-8-17(19)2/h3-12,15,21H,13-14H2,1-2H3,(H,23,26). The van der Waals surface area contributed by atoms with E-state index in [0.29, 0.717) is 6.54 Å². The van der Waals surface area contributed by atoms with Gasteiger partial charge in [-0.05, 0) is 43.2 Å². The summed E-state index contributed by atoms with van der Waals surface area (Å²) < 4.78 is 2.24. The molecule has 1 unspecified atom stereocenters. The van der Waals surface area contributed by atoms with Crippen LogP contribution in [-0.2, 0) is 6.54 Å². The van der Waals surface area contributed by atoms with Crippen molar-refractivity contribution in [3.63, 3.8) is 0 Å². The van der Waals surface area contributed by atoms with Crippen LogP contribution in [-0.4, -0.2) is 22.0 Å². The Balaban J connectivity index is 1.70. The van der Waals surface area contributed by atoms with E-state index in [-0.39, 0.29) is 12.1 Å². The molecule has 2 amide bonds. The summed E-state index contributed by atoms with van der Waals surface area (Å²) in [4.78, 5) is 15.1. The molecule has 1 aliphatic heterocycles. The van der Waals surface area contributed by atoms with Gasteiger partial charge in [0.25, 0.3) is 0 Å². The number of para-hydroxylation sites is 1. The van der Waals surface area contributed by atoms with Crippen LogP contribution in [0.15, 0.2) is 66.9 Å². The molecule has 2 aromatic carbocycles. The quantitative estimate of drug-likeness (QED) is 0.715. The van der Waals surface area contributed by atoms with Gasteiger partial charge in [0.2, 0.25) is 0 Å². The maximum Gasteiger partial charge on any atom is 0.322 e. The molecule has 2 heterocycles. The summed E-state index contributed by atoms with van der Waals surface area (Å²) in [6, 6.07) is 20.3. The van der Waals surface area contributed by atoms with Gasteiger partial charge in [-0.3, -0.25) is 0 Å². The molecule has 1 aliphatic rings. The average molecular weight is 345 g/mol. The van der Waals surface area contributed by atoms with Crippen molar-refractivity contribution >= 4 is 11.7 Å². The Morgan fingerprint density at radius 1 is 1.00 bits per heavy atom. The zero-order valence-corrected chi connectivity index (χ0v) is 15.1. The van der Waals surface area contributed by atoms with Gasteiger partial charge in [0, 0.05) is 30.7 Å². The molecule has 1 N–H and O–H groups in total. The molecule has 1 aromatic heterocycles. The predicted molar refractivity (Wildman–Crippen MR) is 104 cm³/mol. The van der Waals surface area contributed by atoms with E-state index in [9.17, 15) is 4.79 Å². The Labute approximate surface area is 154 Å². The van der Waals surface area contributed by atoms with E-state index < -0.39 is 0 Å². The van der Waals surface area contributed by atoms with Gasteiger partial charge in [-0.2, -0.15) is 0 Å². The van der Waals surface area contributed by atoms with E-state index in [2.05, 4.69) is 59.4 Å². The topological polar surface area (TPSA) is 37.3 Å². The Morgan fingerprint density at radius 3 is 2.65 bits per heavy atom. The number of aromatic nitrogens is 1. The number of carbonyl (C=O) groups is 1. The van der Waals surface area contributed by atoms with Gasteiger partial charge in [0.15, 0.2) is 0 Å². The van der Waals surface area contributed by atoms with E-state index in [1.54, 1.807) is 0 Å². The van der Waals surface area contributed by atoms with Crippen LogP contribution < -0.4 is 5.32 Å². The number of carbonyl (C=O) groups excluding carboxylic acids is 1. The smallest absolute Gasteiger partial charge is 0.322 e. The highest BCUT2D eigenvalue weighted by atomic mass is 16.2. The zero-order chi connectivity index (χ0) is 18.1. The first-order chi connectivity index (χ1) is 12.6. The molecule has 0 radical (unpaired) electrons. The fourth-order valence-electron chi connectivity index (χ4n) is 3.69. The van der Waals surface area contributed by atoms with E-state index >= 15 is 0 Å². The minimum atomic E-state index is -0.0809. The fraction of sp³-hybridized carbons (Fsp3) is 0.227. The molecule has 3 aromatic rings. The monoisotopic (exact) mass is 345 g/mol. The first kappa shape index (κ1) is 16.5. The average Bonchev–Trinajstić information content (AvgIpc) is 3.11. The third kappa shape index (κ3) is 2.99. The SMILES string of the molecule is Cc1cccc(C2c3cccn3CCN2C(=O)Nc2ccccc2C)c1. The van der Waals surface area contributed by atoms with Crippen LogP contribution in [0.25, 0.3) is 0 Å². The van der Waals surface area contributed by atoms with Crippen LogP contribution in [0.1, 0.15) is 28.4 Å². The molecule has 4 nitrogen and oxygen atoms in total. The van der Waals surface area contributed by atoms with Crippen LogP contribution in [0.3, 0.4) is 0 Å². The van der Waals surface area contributed by atoms with Gasteiger partial charge < -0.3 is 14.8 Å². The molecule has 4 rings (SSSR count). The second-order valence-corrected chi connectivity index (χ2v) is 6.88. The molecule has 26 heavy (non-hydrogen) atoms. The van der Waals surface area contributed by atoms with Gasteiger partial charge in [0.05, 0.1) is 6.04 Å². The second-order valence-electron chi connectivity index (χ2n) is 6.88. The van der Waals surface area contributed by atoms with Gasteiger partial charge in [-0.15, -0.1) is 0 Å². The maximum absolute atomic E-state index is 13.1. The number of hydrogen-bond acceptors (Lipinski definition) is 1. The van der Waals surface area contributed by atoms with Gasteiger partial charge in [0.1, 0.15) is 0 Å². The Hall–Kier alpha value is -3.01. The third-order valence-electron chi connectivity index (χ3n) is 5.04. The van der Waals surface area contributed by atoms with Crippen molar-refractivity contribution < 1.29 is 4.79 Å². The van der Waals surface area contributed by atoms with Crippen molar-refractivity contribution in [2.45, 2.75) is 26.4 Å². The van der Waals surface area contributed by atoms with E-state index in [1.165, 1.54) is 5.56 Å². The van der Waals surface area contributed by atoms with E-state index in [1.807, 2.05) is 36.1 Å². The number of hydrogen-bond donors (Lipinski definition) is 1. The number of benzene rings is 2.